The first-order chi connectivity index (χ1) is 16.4. The third-order valence-corrected chi connectivity index (χ3v) is 5.37. The zero-order valence-corrected chi connectivity index (χ0v) is 18.9. The number of likely N-dealkylation sites (N-methyl/N-ethyl adjacent to an activating group) is 1. The predicted molar refractivity (Wildman–Crippen MR) is 113 cm³/mol. The van der Waals surface area contributed by atoms with Gasteiger partial charge in [0.05, 0.1) is 17.6 Å². The van der Waals surface area contributed by atoms with Crippen molar-refractivity contribution in [3.63, 3.8) is 0 Å². The summed E-state index contributed by atoms with van der Waals surface area (Å²) in [4.78, 5) is 48.8. The molecule has 0 spiro atoms. The maximum absolute atomic E-state index is 12.7. The Bertz CT molecular complexity index is 1150. The van der Waals surface area contributed by atoms with E-state index in [-0.39, 0.29) is 18.2 Å². The third-order valence-electron chi connectivity index (χ3n) is 5.37. The number of carbonyl (C=O) groups excluding carboxylic acids is 3. The molecule has 0 radical (unpaired) electrons. The summed E-state index contributed by atoms with van der Waals surface area (Å²) in [7, 11) is 4.02. The summed E-state index contributed by atoms with van der Waals surface area (Å²) in [5.74, 6) is -3.63. The number of nitrogens with one attached hydrogen (secondary N) is 1. The first-order valence-electron chi connectivity index (χ1n) is 10.5. The molecule has 1 aromatic heterocycles. The fourth-order valence-electron chi connectivity index (χ4n) is 3.58. The summed E-state index contributed by atoms with van der Waals surface area (Å²) in [6, 6.07) is 4.89. The molecule has 14 heteroatoms. The van der Waals surface area contributed by atoms with Gasteiger partial charge in [0.15, 0.2) is 0 Å². The Morgan fingerprint density at radius 2 is 1.94 bits per heavy atom. The standard InChI is InChI=1S/C19H22N6O3.C2HF3O2/c1-23(2)8-7-13-11-25(22-21-13)14-3-4-15-12(9-14)10-24(19(15)28)16-5-6-17(26)20-18(16)27;3-2(4,5)1(6)7/h3-4,9,11,16H,5-8,10H2,1-2H3,(H,20,26,27);(H,6,7). The van der Waals surface area contributed by atoms with Crippen molar-refractivity contribution in [1.82, 2.24) is 30.1 Å². The number of amides is 3. The maximum Gasteiger partial charge on any atom is 0.490 e. The highest BCUT2D eigenvalue weighted by Crippen LogP contribution is 2.29. The van der Waals surface area contributed by atoms with Crippen LogP contribution in [0, 0.1) is 0 Å². The Balaban J connectivity index is 0.000000429. The second kappa shape index (κ2) is 10.2. The average molecular weight is 496 g/mol. The van der Waals surface area contributed by atoms with Crippen LogP contribution in [-0.2, 0) is 27.3 Å². The number of fused-ring (bicyclic) bond motifs is 1. The second-order valence-corrected chi connectivity index (χ2v) is 8.25. The molecule has 2 aliphatic rings. The average Bonchev–Trinajstić information content (AvgIpc) is 3.37. The van der Waals surface area contributed by atoms with Crippen LogP contribution in [0.25, 0.3) is 5.69 Å². The first-order valence-corrected chi connectivity index (χ1v) is 10.5. The predicted octanol–water partition coefficient (Wildman–Crippen LogP) is 0.766. The molecule has 2 aromatic rings. The Labute approximate surface area is 197 Å². The number of aromatic nitrogens is 3. The zero-order chi connectivity index (χ0) is 25.9. The molecule has 0 bridgehead atoms. The van der Waals surface area contributed by atoms with Crippen molar-refractivity contribution in [3.8, 4) is 5.69 Å². The summed E-state index contributed by atoms with van der Waals surface area (Å²) in [5.41, 5.74) is 3.15. The number of carboxylic acid groups (broad SMARTS) is 1. The van der Waals surface area contributed by atoms with E-state index in [2.05, 4.69) is 20.5 Å². The largest absolute Gasteiger partial charge is 0.490 e. The zero-order valence-electron chi connectivity index (χ0n) is 18.9. The van der Waals surface area contributed by atoms with Gasteiger partial charge in [-0.25, -0.2) is 9.48 Å². The summed E-state index contributed by atoms with van der Waals surface area (Å²) in [6.07, 6.45) is -1.79. The molecule has 1 fully saturated rings. The molecule has 0 aliphatic carbocycles. The number of aliphatic carboxylic acids is 1. The minimum absolute atomic E-state index is 0.179. The van der Waals surface area contributed by atoms with Crippen molar-refractivity contribution >= 4 is 23.7 Å². The molecule has 2 aliphatic heterocycles. The number of carboxylic acids is 1. The fraction of sp³-hybridized carbons (Fsp3) is 0.429. The van der Waals surface area contributed by atoms with Gasteiger partial charge >= 0.3 is 12.1 Å². The highest BCUT2D eigenvalue weighted by atomic mass is 19.4. The van der Waals surface area contributed by atoms with Crippen molar-refractivity contribution in [1.29, 1.82) is 0 Å². The second-order valence-electron chi connectivity index (χ2n) is 8.25. The van der Waals surface area contributed by atoms with Gasteiger partial charge in [-0.15, -0.1) is 5.10 Å². The van der Waals surface area contributed by atoms with Crippen LogP contribution in [-0.4, -0.2) is 86.4 Å². The number of hydrogen-bond donors (Lipinski definition) is 2. The van der Waals surface area contributed by atoms with Gasteiger partial charge in [0.25, 0.3) is 5.91 Å². The molecule has 3 amide bonds. The molecular weight excluding hydrogens is 473 g/mol. The van der Waals surface area contributed by atoms with Crippen LogP contribution in [0.1, 0.15) is 34.5 Å². The number of piperidine rings is 1. The fourth-order valence-corrected chi connectivity index (χ4v) is 3.58. The van der Waals surface area contributed by atoms with Crippen molar-refractivity contribution in [2.45, 2.75) is 38.0 Å². The molecule has 0 saturated carbocycles. The van der Waals surface area contributed by atoms with Crippen molar-refractivity contribution < 1.29 is 37.5 Å². The molecule has 2 N–H and O–H groups in total. The van der Waals surface area contributed by atoms with E-state index < -0.39 is 24.1 Å². The Kier molecular flexibility index (Phi) is 7.53. The summed E-state index contributed by atoms with van der Waals surface area (Å²) >= 11 is 0. The number of nitrogens with zero attached hydrogens (tertiary/aromatic N) is 5. The number of benzene rings is 1. The van der Waals surface area contributed by atoms with E-state index in [9.17, 15) is 27.6 Å². The number of imide groups is 1. The molecule has 35 heavy (non-hydrogen) atoms. The molecule has 188 valence electrons. The van der Waals surface area contributed by atoms with E-state index in [1.165, 1.54) is 0 Å². The molecule has 1 unspecified atom stereocenters. The molecule has 1 aromatic carbocycles. The maximum atomic E-state index is 12.7. The van der Waals surface area contributed by atoms with Gasteiger partial charge < -0.3 is 14.9 Å². The van der Waals surface area contributed by atoms with Gasteiger partial charge in [0, 0.05) is 31.5 Å². The number of hydrogen-bond acceptors (Lipinski definition) is 7. The van der Waals surface area contributed by atoms with Gasteiger partial charge in [0.1, 0.15) is 6.04 Å². The van der Waals surface area contributed by atoms with Crippen molar-refractivity contribution in [3.05, 3.63) is 41.2 Å². The summed E-state index contributed by atoms with van der Waals surface area (Å²) in [5, 5.41) is 17.8. The SMILES string of the molecule is CN(C)CCc1cn(-c2ccc3c(c2)CN(C2CCC(=O)NC2=O)C3=O)nn1.O=C(O)C(F)(F)F. The van der Waals surface area contributed by atoms with Crippen LogP contribution in [0.4, 0.5) is 13.2 Å². The van der Waals surface area contributed by atoms with E-state index >= 15 is 0 Å². The van der Waals surface area contributed by atoms with Crippen LogP contribution < -0.4 is 5.32 Å². The van der Waals surface area contributed by atoms with Crippen LogP contribution in [0.5, 0.6) is 0 Å². The van der Waals surface area contributed by atoms with Gasteiger partial charge in [-0.05, 0) is 44.3 Å². The molecular formula is C21H23F3N6O5. The molecule has 1 saturated heterocycles. The lowest BCUT2D eigenvalue weighted by Gasteiger charge is -2.29. The lowest BCUT2D eigenvalue weighted by molar-refractivity contribution is -0.192. The van der Waals surface area contributed by atoms with Crippen LogP contribution in [0.15, 0.2) is 24.4 Å². The Morgan fingerprint density at radius 1 is 1.26 bits per heavy atom. The molecule has 11 nitrogen and oxygen atoms in total. The van der Waals surface area contributed by atoms with Crippen molar-refractivity contribution in [2.75, 3.05) is 20.6 Å². The lowest BCUT2D eigenvalue weighted by Crippen LogP contribution is -2.52. The normalized spacial score (nSPS) is 17.7. The van der Waals surface area contributed by atoms with Crippen molar-refractivity contribution in [2.24, 2.45) is 0 Å². The van der Waals surface area contributed by atoms with Crippen LogP contribution >= 0.6 is 0 Å². The van der Waals surface area contributed by atoms with E-state index in [1.54, 1.807) is 15.6 Å². The minimum atomic E-state index is -5.08. The highest BCUT2D eigenvalue weighted by molar-refractivity contribution is 6.05. The van der Waals surface area contributed by atoms with E-state index in [0.29, 0.717) is 18.5 Å². The number of alkyl halides is 3. The van der Waals surface area contributed by atoms with Gasteiger partial charge in [0.2, 0.25) is 11.8 Å². The minimum Gasteiger partial charge on any atom is -0.475 e. The molecule has 1 atom stereocenters. The van der Waals surface area contributed by atoms with Gasteiger partial charge in [-0.1, -0.05) is 5.21 Å². The lowest BCUT2D eigenvalue weighted by atomic mass is 10.0. The smallest absolute Gasteiger partial charge is 0.475 e. The Hall–Kier alpha value is -3.81. The molecule has 4 rings (SSSR count). The van der Waals surface area contributed by atoms with Gasteiger partial charge in [-0.3, -0.25) is 19.7 Å². The number of halogens is 3. The third kappa shape index (κ3) is 6.20. The molecule has 3 heterocycles. The van der Waals surface area contributed by atoms with Crippen LogP contribution in [0.2, 0.25) is 0 Å². The van der Waals surface area contributed by atoms with E-state index in [0.717, 1.165) is 29.9 Å². The quantitative estimate of drug-likeness (QED) is 0.579. The van der Waals surface area contributed by atoms with E-state index in [4.69, 9.17) is 9.90 Å². The summed E-state index contributed by atoms with van der Waals surface area (Å²) in [6.45, 7) is 1.23. The monoisotopic (exact) mass is 496 g/mol. The first kappa shape index (κ1) is 25.8. The van der Waals surface area contributed by atoms with E-state index in [1.807, 2.05) is 32.4 Å². The topological polar surface area (TPSA) is 138 Å². The van der Waals surface area contributed by atoms with Crippen LogP contribution in [0.3, 0.4) is 0 Å². The Morgan fingerprint density at radius 3 is 2.54 bits per heavy atom. The van der Waals surface area contributed by atoms with Gasteiger partial charge in [-0.2, -0.15) is 13.2 Å². The highest BCUT2D eigenvalue weighted by Gasteiger charge is 2.39. The number of rotatable bonds is 5. The summed E-state index contributed by atoms with van der Waals surface area (Å²) < 4.78 is 33.4. The number of carbonyl (C=O) groups is 4.